The van der Waals surface area contributed by atoms with Crippen LogP contribution in [0.1, 0.15) is 38.3 Å². The molecule has 0 unspecified atom stereocenters. The van der Waals surface area contributed by atoms with Crippen molar-refractivity contribution in [3.05, 3.63) is 46.5 Å². The second-order valence-corrected chi connectivity index (χ2v) is 10.0. The molecule has 0 atom stereocenters. The van der Waals surface area contributed by atoms with Crippen molar-refractivity contribution >= 4 is 33.6 Å². The van der Waals surface area contributed by atoms with E-state index in [1.165, 1.54) is 10.5 Å². The Morgan fingerprint density at radius 2 is 1.37 bits per heavy atom. The first-order valence-electron chi connectivity index (χ1n) is 12.8. The van der Waals surface area contributed by atoms with E-state index in [2.05, 4.69) is 32.6 Å². The molecule has 8 nitrogen and oxygen atoms in total. The van der Waals surface area contributed by atoms with Gasteiger partial charge in [0.25, 0.3) is 11.8 Å². The third kappa shape index (κ3) is 3.27. The topological polar surface area (TPSA) is 67.3 Å². The fraction of sp³-hybridized carbons (Fsp3) is 0.481. The third-order valence-electron chi connectivity index (χ3n) is 8.08. The van der Waals surface area contributed by atoms with E-state index in [-0.39, 0.29) is 11.8 Å². The number of morpholine rings is 2. The smallest absolute Gasteiger partial charge is 0.263 e. The van der Waals surface area contributed by atoms with Crippen LogP contribution in [-0.2, 0) is 29.0 Å². The maximum atomic E-state index is 13.9. The first-order valence-corrected chi connectivity index (χ1v) is 12.8. The van der Waals surface area contributed by atoms with Gasteiger partial charge in [0.2, 0.25) is 0 Å². The van der Waals surface area contributed by atoms with Gasteiger partial charge in [0, 0.05) is 37.0 Å². The van der Waals surface area contributed by atoms with Gasteiger partial charge in [0.05, 0.1) is 61.9 Å². The van der Waals surface area contributed by atoms with Gasteiger partial charge in [0.1, 0.15) is 0 Å². The summed E-state index contributed by atoms with van der Waals surface area (Å²) in [6, 6.07) is 8.36. The summed E-state index contributed by atoms with van der Waals surface area (Å²) in [6.45, 7) is 7.12. The third-order valence-corrected chi connectivity index (χ3v) is 8.08. The molecule has 2 fully saturated rings. The van der Waals surface area contributed by atoms with E-state index in [0.717, 1.165) is 92.7 Å². The molecule has 0 saturated carbocycles. The molecule has 0 radical (unpaired) electrons. The Kier molecular flexibility index (Phi) is 5.17. The van der Waals surface area contributed by atoms with E-state index in [4.69, 9.17) is 9.47 Å². The molecule has 3 aliphatic heterocycles. The van der Waals surface area contributed by atoms with Crippen molar-refractivity contribution in [2.24, 2.45) is 0 Å². The lowest BCUT2D eigenvalue weighted by molar-refractivity contribution is 0.0124. The highest BCUT2D eigenvalue weighted by atomic mass is 16.5. The van der Waals surface area contributed by atoms with Crippen LogP contribution in [0.25, 0.3) is 21.8 Å². The van der Waals surface area contributed by atoms with Crippen molar-refractivity contribution in [2.45, 2.75) is 25.9 Å². The van der Waals surface area contributed by atoms with E-state index in [1.807, 2.05) is 6.07 Å². The average molecular weight is 475 g/mol. The second-order valence-electron chi connectivity index (χ2n) is 10.0. The van der Waals surface area contributed by atoms with Crippen LogP contribution in [0.5, 0.6) is 0 Å². The van der Waals surface area contributed by atoms with Crippen LogP contribution in [0.3, 0.4) is 0 Å². The molecule has 182 valence electrons. The summed E-state index contributed by atoms with van der Waals surface area (Å²) in [5, 5.41) is 2.03. The molecule has 2 saturated heterocycles. The van der Waals surface area contributed by atoms with Crippen molar-refractivity contribution < 1.29 is 19.1 Å². The van der Waals surface area contributed by atoms with Crippen LogP contribution in [-0.4, -0.2) is 90.4 Å². The van der Waals surface area contributed by atoms with Gasteiger partial charge in [-0.3, -0.25) is 24.3 Å². The Hall–Kier alpha value is -2.78. The molecule has 7 rings (SSSR count). The summed E-state index contributed by atoms with van der Waals surface area (Å²) in [7, 11) is 0. The van der Waals surface area contributed by atoms with Crippen LogP contribution in [0, 0.1) is 0 Å². The minimum atomic E-state index is -0.148. The predicted octanol–water partition coefficient (Wildman–Crippen LogP) is 2.46. The summed E-state index contributed by atoms with van der Waals surface area (Å²) in [5.74, 6) is -0.271. The molecule has 0 bridgehead atoms. The van der Waals surface area contributed by atoms with E-state index in [9.17, 15) is 9.59 Å². The van der Waals surface area contributed by atoms with Gasteiger partial charge in [0.15, 0.2) is 0 Å². The maximum absolute atomic E-state index is 13.9. The van der Waals surface area contributed by atoms with Gasteiger partial charge in [-0.15, -0.1) is 0 Å². The van der Waals surface area contributed by atoms with E-state index in [0.29, 0.717) is 31.0 Å². The lowest BCUT2D eigenvalue weighted by Gasteiger charge is -2.29. The summed E-state index contributed by atoms with van der Waals surface area (Å²) < 4.78 is 13.4. The number of benzene rings is 2. The number of carbonyl (C=O) groups is 2. The number of aryl methyl sites for hydroxylation is 1. The lowest BCUT2D eigenvalue weighted by atomic mass is 9.93. The monoisotopic (exact) mass is 474 g/mol. The SMILES string of the molecule is O=C1c2c3c(c4c(c2C(=O)N1CN1CCOCC1)c1ccccc1n4CN1CCOCC1)CCC3. The van der Waals surface area contributed by atoms with Gasteiger partial charge in [-0.2, -0.15) is 0 Å². The molecule has 0 spiro atoms. The highest BCUT2D eigenvalue weighted by Gasteiger charge is 2.43. The molecule has 0 N–H and O–H groups in total. The van der Waals surface area contributed by atoms with Crippen LogP contribution < -0.4 is 0 Å². The number of ether oxygens (including phenoxy) is 2. The van der Waals surface area contributed by atoms with Gasteiger partial charge in [-0.25, -0.2) is 0 Å². The number of hydrogen-bond acceptors (Lipinski definition) is 6. The Morgan fingerprint density at radius 3 is 2.11 bits per heavy atom. The summed E-state index contributed by atoms with van der Waals surface area (Å²) in [5.41, 5.74) is 5.92. The first kappa shape index (κ1) is 21.5. The Labute approximate surface area is 203 Å². The number of carbonyl (C=O) groups excluding carboxylic acids is 2. The van der Waals surface area contributed by atoms with Gasteiger partial charge < -0.3 is 14.0 Å². The van der Waals surface area contributed by atoms with Crippen LogP contribution in [0.2, 0.25) is 0 Å². The number of imide groups is 1. The number of para-hydroxylation sites is 1. The summed E-state index contributed by atoms with van der Waals surface area (Å²) in [4.78, 5) is 33.7. The molecule has 2 amide bonds. The zero-order valence-corrected chi connectivity index (χ0v) is 19.9. The zero-order chi connectivity index (χ0) is 23.5. The van der Waals surface area contributed by atoms with Crippen LogP contribution in [0.15, 0.2) is 24.3 Å². The Bertz CT molecular complexity index is 1350. The van der Waals surface area contributed by atoms with Gasteiger partial charge in [-0.05, 0) is 36.5 Å². The van der Waals surface area contributed by atoms with Crippen molar-refractivity contribution in [3.63, 3.8) is 0 Å². The van der Waals surface area contributed by atoms with E-state index < -0.39 is 0 Å². The molecule has 3 aromatic rings. The number of rotatable bonds is 4. The molecule has 4 heterocycles. The maximum Gasteiger partial charge on any atom is 0.263 e. The zero-order valence-electron chi connectivity index (χ0n) is 19.9. The number of nitrogens with zero attached hydrogens (tertiary/aromatic N) is 4. The molecule has 1 aromatic heterocycles. The number of aromatic nitrogens is 1. The lowest BCUT2D eigenvalue weighted by Crippen LogP contribution is -2.46. The number of hydrogen-bond donors (Lipinski definition) is 0. The van der Waals surface area contributed by atoms with Crippen molar-refractivity contribution in [2.75, 3.05) is 59.3 Å². The minimum absolute atomic E-state index is 0.124. The highest BCUT2D eigenvalue weighted by molar-refractivity contribution is 6.31. The fourth-order valence-corrected chi connectivity index (χ4v) is 6.40. The largest absolute Gasteiger partial charge is 0.379 e. The molecular weight excluding hydrogens is 444 g/mol. The normalized spacial score (nSPS) is 21.4. The van der Waals surface area contributed by atoms with Gasteiger partial charge in [-0.1, -0.05) is 18.2 Å². The minimum Gasteiger partial charge on any atom is -0.379 e. The number of amides is 2. The molecule has 8 heteroatoms. The highest BCUT2D eigenvalue weighted by Crippen LogP contribution is 2.44. The average Bonchev–Trinajstić information content (AvgIpc) is 3.56. The van der Waals surface area contributed by atoms with E-state index >= 15 is 0 Å². The fourth-order valence-electron chi connectivity index (χ4n) is 6.40. The number of fused-ring (bicyclic) bond motifs is 8. The Morgan fingerprint density at radius 1 is 0.743 bits per heavy atom. The molecule has 2 aromatic carbocycles. The summed E-state index contributed by atoms with van der Waals surface area (Å²) in [6.07, 6.45) is 2.82. The molecular formula is C27H30N4O4. The van der Waals surface area contributed by atoms with E-state index in [1.54, 1.807) is 0 Å². The quantitative estimate of drug-likeness (QED) is 0.542. The molecule has 35 heavy (non-hydrogen) atoms. The van der Waals surface area contributed by atoms with Gasteiger partial charge >= 0.3 is 0 Å². The van der Waals surface area contributed by atoms with Crippen molar-refractivity contribution in [1.29, 1.82) is 0 Å². The standard InChI is InChI=1S/C27H30N4O4/c32-26-23-18-5-3-6-19(18)25-22(24(23)27(33)31(26)17-29-10-14-35-15-11-29)20-4-1-2-7-21(20)30(25)16-28-8-12-34-13-9-28/h1-2,4,7H,3,5-6,8-17H2. The van der Waals surface area contributed by atoms with Crippen LogP contribution in [0.4, 0.5) is 0 Å². The van der Waals surface area contributed by atoms with Crippen molar-refractivity contribution in [1.82, 2.24) is 19.3 Å². The van der Waals surface area contributed by atoms with Crippen LogP contribution >= 0.6 is 0 Å². The first-order chi connectivity index (χ1) is 17.2. The molecule has 1 aliphatic carbocycles. The second kappa shape index (κ2) is 8.41. The summed E-state index contributed by atoms with van der Waals surface area (Å²) >= 11 is 0. The van der Waals surface area contributed by atoms with Crippen molar-refractivity contribution in [3.8, 4) is 0 Å². The Balaban J connectivity index is 1.43. The molecule has 4 aliphatic rings. The predicted molar refractivity (Wildman–Crippen MR) is 132 cm³/mol.